The molecule has 122 valence electrons. The van der Waals surface area contributed by atoms with Crippen LogP contribution in [0.5, 0.6) is 0 Å². The number of aliphatic hydroxyl groups is 1. The van der Waals surface area contributed by atoms with Crippen LogP contribution in [0.3, 0.4) is 0 Å². The van der Waals surface area contributed by atoms with E-state index in [1.54, 1.807) is 4.90 Å². The van der Waals surface area contributed by atoms with E-state index in [-0.39, 0.29) is 6.09 Å². The van der Waals surface area contributed by atoms with Crippen molar-refractivity contribution in [3.8, 4) is 0 Å². The summed E-state index contributed by atoms with van der Waals surface area (Å²) in [5.41, 5.74) is 1.02. The second-order valence-corrected chi connectivity index (χ2v) is 5.80. The van der Waals surface area contributed by atoms with Crippen LogP contribution >= 0.6 is 0 Å². The Balaban J connectivity index is 2.05. The Kier molecular flexibility index (Phi) is 6.07. The number of benzene rings is 1. The smallest absolute Gasteiger partial charge is 0.409 e. The predicted molar refractivity (Wildman–Crippen MR) is 86.8 cm³/mol. The number of amides is 1. The molecule has 1 fully saturated rings. The molecule has 0 aromatic heterocycles. The van der Waals surface area contributed by atoms with Gasteiger partial charge < -0.3 is 19.6 Å². The molecule has 0 radical (unpaired) electrons. The first kappa shape index (κ1) is 16.6. The van der Waals surface area contributed by atoms with Crippen molar-refractivity contribution in [3.05, 3.63) is 30.3 Å². The molecule has 0 bridgehead atoms. The summed E-state index contributed by atoms with van der Waals surface area (Å²) in [5, 5.41) is 10.3. The Bertz CT molecular complexity index is 466. The molecule has 1 amide bonds. The van der Waals surface area contributed by atoms with Crippen LogP contribution in [0.25, 0.3) is 0 Å². The fraction of sp³-hybridized carbons (Fsp3) is 0.588. The van der Waals surface area contributed by atoms with E-state index in [1.165, 1.54) is 7.11 Å². The van der Waals surface area contributed by atoms with Gasteiger partial charge in [-0.3, -0.25) is 0 Å². The summed E-state index contributed by atoms with van der Waals surface area (Å²) >= 11 is 0. The second kappa shape index (κ2) is 8.03. The van der Waals surface area contributed by atoms with Gasteiger partial charge >= 0.3 is 6.09 Å². The van der Waals surface area contributed by atoms with Crippen molar-refractivity contribution in [2.45, 2.75) is 32.4 Å². The quantitative estimate of drug-likeness (QED) is 0.850. The molecule has 1 saturated heterocycles. The van der Waals surface area contributed by atoms with Crippen LogP contribution in [-0.2, 0) is 4.74 Å². The second-order valence-electron chi connectivity index (χ2n) is 5.80. The fourth-order valence-electron chi connectivity index (χ4n) is 3.03. The Labute approximate surface area is 132 Å². The molecule has 2 rings (SSSR count). The van der Waals surface area contributed by atoms with E-state index in [1.807, 2.05) is 42.2 Å². The van der Waals surface area contributed by atoms with Gasteiger partial charge in [-0.05, 0) is 37.3 Å². The van der Waals surface area contributed by atoms with Gasteiger partial charge in [0.2, 0.25) is 0 Å². The number of piperidine rings is 1. The largest absolute Gasteiger partial charge is 0.453 e. The lowest BCUT2D eigenvalue weighted by molar-refractivity contribution is 0.0987. The Morgan fingerprint density at radius 1 is 1.45 bits per heavy atom. The average molecular weight is 306 g/mol. The zero-order valence-corrected chi connectivity index (χ0v) is 13.4. The SMILES string of the molecule is CCC(O)N(CC1CCCN(C(=O)OC)C1)c1ccccc1. The summed E-state index contributed by atoms with van der Waals surface area (Å²) in [4.78, 5) is 15.5. The van der Waals surface area contributed by atoms with E-state index in [0.29, 0.717) is 18.9 Å². The molecule has 1 aliphatic rings. The van der Waals surface area contributed by atoms with Crippen molar-refractivity contribution in [1.29, 1.82) is 0 Å². The molecule has 1 N–H and O–H groups in total. The summed E-state index contributed by atoms with van der Waals surface area (Å²) in [6, 6.07) is 9.96. The number of carbonyl (C=O) groups is 1. The van der Waals surface area contributed by atoms with Gasteiger partial charge in [0.15, 0.2) is 0 Å². The van der Waals surface area contributed by atoms with Crippen LogP contribution in [0.4, 0.5) is 10.5 Å². The van der Waals surface area contributed by atoms with E-state index >= 15 is 0 Å². The lowest BCUT2D eigenvalue weighted by Crippen LogP contribution is -2.46. The highest BCUT2D eigenvalue weighted by Gasteiger charge is 2.27. The highest BCUT2D eigenvalue weighted by molar-refractivity contribution is 5.67. The van der Waals surface area contributed by atoms with Crippen LogP contribution in [0.15, 0.2) is 30.3 Å². The standard InChI is InChI=1S/C17H26N2O3/c1-3-16(20)19(15-9-5-4-6-10-15)13-14-8-7-11-18(12-14)17(21)22-2/h4-6,9-10,14,16,20H,3,7-8,11-13H2,1-2H3. The van der Waals surface area contributed by atoms with Gasteiger partial charge in [0.05, 0.1) is 7.11 Å². The van der Waals surface area contributed by atoms with Crippen molar-refractivity contribution in [2.24, 2.45) is 5.92 Å². The summed E-state index contributed by atoms with van der Waals surface area (Å²) in [7, 11) is 1.42. The number of anilines is 1. The number of aliphatic hydroxyl groups excluding tert-OH is 1. The van der Waals surface area contributed by atoms with E-state index < -0.39 is 6.23 Å². The first-order valence-corrected chi connectivity index (χ1v) is 7.98. The number of ether oxygens (including phenoxy) is 1. The maximum absolute atomic E-state index is 11.7. The molecule has 5 heteroatoms. The van der Waals surface area contributed by atoms with Crippen molar-refractivity contribution < 1.29 is 14.6 Å². The van der Waals surface area contributed by atoms with E-state index in [9.17, 15) is 9.90 Å². The van der Waals surface area contributed by atoms with Gasteiger partial charge in [-0.15, -0.1) is 0 Å². The molecule has 22 heavy (non-hydrogen) atoms. The average Bonchev–Trinajstić information content (AvgIpc) is 2.59. The molecule has 1 aliphatic heterocycles. The lowest BCUT2D eigenvalue weighted by Gasteiger charge is -2.37. The highest BCUT2D eigenvalue weighted by atomic mass is 16.5. The van der Waals surface area contributed by atoms with Gasteiger partial charge in [-0.2, -0.15) is 0 Å². The normalized spacial score (nSPS) is 19.6. The molecule has 5 nitrogen and oxygen atoms in total. The molecule has 1 heterocycles. The number of nitrogens with zero attached hydrogens (tertiary/aromatic N) is 2. The van der Waals surface area contributed by atoms with Crippen molar-refractivity contribution >= 4 is 11.8 Å². The van der Waals surface area contributed by atoms with Crippen LogP contribution in [0.1, 0.15) is 26.2 Å². The summed E-state index contributed by atoms with van der Waals surface area (Å²) in [6.07, 6.45) is 1.95. The number of para-hydroxylation sites is 1. The Morgan fingerprint density at radius 2 is 2.18 bits per heavy atom. The van der Waals surface area contributed by atoms with Gasteiger partial charge in [-0.1, -0.05) is 25.1 Å². The lowest BCUT2D eigenvalue weighted by atomic mass is 9.97. The van der Waals surface area contributed by atoms with Crippen LogP contribution in [0, 0.1) is 5.92 Å². The third kappa shape index (κ3) is 4.13. The van der Waals surface area contributed by atoms with Crippen molar-refractivity contribution in [2.75, 3.05) is 31.6 Å². The number of methoxy groups -OCH3 is 1. The molecule has 1 aromatic carbocycles. The number of hydrogen-bond donors (Lipinski definition) is 1. The third-order valence-corrected chi connectivity index (χ3v) is 4.22. The van der Waals surface area contributed by atoms with Crippen molar-refractivity contribution in [3.63, 3.8) is 0 Å². The van der Waals surface area contributed by atoms with Gasteiger partial charge in [0, 0.05) is 25.3 Å². The van der Waals surface area contributed by atoms with Gasteiger partial charge in [-0.25, -0.2) is 4.79 Å². The molecule has 0 spiro atoms. The first-order valence-electron chi connectivity index (χ1n) is 7.98. The van der Waals surface area contributed by atoms with Gasteiger partial charge in [0.25, 0.3) is 0 Å². The minimum atomic E-state index is -0.504. The topological polar surface area (TPSA) is 53.0 Å². The minimum Gasteiger partial charge on any atom is -0.453 e. The minimum absolute atomic E-state index is 0.257. The Hall–Kier alpha value is -1.75. The summed E-state index contributed by atoms with van der Waals surface area (Å²) in [5.74, 6) is 0.342. The molecule has 0 aliphatic carbocycles. The van der Waals surface area contributed by atoms with E-state index in [0.717, 1.165) is 31.6 Å². The number of hydrogen-bond acceptors (Lipinski definition) is 4. The van der Waals surface area contributed by atoms with Crippen LogP contribution in [-0.4, -0.2) is 49.1 Å². The van der Waals surface area contributed by atoms with E-state index in [4.69, 9.17) is 4.74 Å². The highest BCUT2D eigenvalue weighted by Crippen LogP contribution is 2.23. The maximum atomic E-state index is 11.7. The van der Waals surface area contributed by atoms with Crippen LogP contribution in [0.2, 0.25) is 0 Å². The predicted octanol–water partition coefficient (Wildman–Crippen LogP) is 2.70. The van der Waals surface area contributed by atoms with Crippen LogP contribution < -0.4 is 4.90 Å². The van der Waals surface area contributed by atoms with Crippen molar-refractivity contribution in [1.82, 2.24) is 4.90 Å². The molecule has 2 unspecified atom stereocenters. The third-order valence-electron chi connectivity index (χ3n) is 4.22. The summed E-state index contributed by atoms with van der Waals surface area (Å²) in [6.45, 7) is 4.16. The molecular formula is C17H26N2O3. The summed E-state index contributed by atoms with van der Waals surface area (Å²) < 4.78 is 4.82. The van der Waals surface area contributed by atoms with E-state index in [2.05, 4.69) is 0 Å². The first-order chi connectivity index (χ1) is 10.7. The number of likely N-dealkylation sites (tertiary alicyclic amines) is 1. The zero-order chi connectivity index (χ0) is 15.9. The maximum Gasteiger partial charge on any atom is 0.409 e. The molecular weight excluding hydrogens is 280 g/mol. The molecule has 1 aromatic rings. The fourth-order valence-corrected chi connectivity index (χ4v) is 3.03. The molecule has 0 saturated carbocycles. The zero-order valence-electron chi connectivity index (χ0n) is 13.4. The Morgan fingerprint density at radius 3 is 2.82 bits per heavy atom. The number of rotatable bonds is 5. The number of carbonyl (C=O) groups excluding carboxylic acids is 1. The molecule has 2 atom stereocenters. The monoisotopic (exact) mass is 306 g/mol. The van der Waals surface area contributed by atoms with Gasteiger partial charge in [0.1, 0.15) is 6.23 Å².